The lowest BCUT2D eigenvalue weighted by atomic mass is 10.0. The second-order valence-electron chi connectivity index (χ2n) is 2.04. The molecule has 4 nitrogen and oxygen atoms in total. The zero-order valence-corrected chi connectivity index (χ0v) is 5.90. The minimum atomic E-state index is -2.57. The number of halogens is 1. The third kappa shape index (κ3) is 3.66. The van der Waals surface area contributed by atoms with E-state index in [4.69, 9.17) is 23.2 Å². The molecule has 0 heterocycles. The number of hydrogen-bond donors (Lipinski definition) is 3. The zero-order chi connectivity index (χ0) is 8.91. The van der Waals surface area contributed by atoms with Gasteiger partial charge in [-0.2, -0.15) is 0 Å². The molecule has 0 aromatic rings. The van der Waals surface area contributed by atoms with Crippen molar-refractivity contribution in [2.24, 2.45) is 0 Å². The monoisotopic (exact) mass is 164 g/mol. The Morgan fingerprint density at radius 2 is 1.82 bits per heavy atom. The van der Waals surface area contributed by atoms with Crippen molar-refractivity contribution >= 4 is 7.85 Å². The average Bonchev–Trinajstić information content (AvgIpc) is 2.04. The Balaban J connectivity index is 3.86. The molecule has 0 aromatic carbocycles. The normalized spacial score (nSPS) is 14.9. The van der Waals surface area contributed by atoms with Gasteiger partial charge in [0.05, 0.1) is 6.61 Å². The molecule has 0 fully saturated rings. The molecule has 0 rings (SSSR count). The van der Waals surface area contributed by atoms with Crippen LogP contribution in [0.1, 0.15) is 0 Å². The van der Waals surface area contributed by atoms with Crippen LogP contribution < -0.4 is 0 Å². The van der Waals surface area contributed by atoms with Crippen LogP contribution in [0.3, 0.4) is 0 Å². The van der Waals surface area contributed by atoms with E-state index in [-0.39, 0.29) is 0 Å². The molecule has 1 unspecified atom stereocenters. The van der Waals surface area contributed by atoms with Crippen LogP contribution in [0.2, 0.25) is 0 Å². The molecule has 0 saturated heterocycles. The van der Waals surface area contributed by atoms with Crippen LogP contribution in [-0.4, -0.2) is 54.8 Å². The van der Waals surface area contributed by atoms with Crippen LogP contribution in [0.15, 0.2) is 0 Å². The molecule has 1 atom stereocenters. The highest BCUT2D eigenvalue weighted by molar-refractivity contribution is 6.11. The minimum Gasteiger partial charge on any atom is -0.395 e. The Morgan fingerprint density at radius 1 is 1.36 bits per heavy atom. The maximum absolute atomic E-state index is 12.8. The lowest BCUT2D eigenvalue weighted by molar-refractivity contribution is -0.207. The second-order valence-corrected chi connectivity index (χ2v) is 2.04. The fraction of sp³-hybridized carbons (Fsp3) is 1.00. The summed E-state index contributed by atoms with van der Waals surface area (Å²) in [4.78, 5) is 0. The Hall–Kier alpha value is -0.165. The van der Waals surface area contributed by atoms with Crippen molar-refractivity contribution in [3.05, 3.63) is 0 Å². The zero-order valence-electron chi connectivity index (χ0n) is 5.90. The molecule has 0 amide bonds. The lowest BCUT2D eigenvalue weighted by Gasteiger charge is -2.24. The van der Waals surface area contributed by atoms with Crippen molar-refractivity contribution in [2.45, 2.75) is 11.9 Å². The van der Waals surface area contributed by atoms with Crippen molar-refractivity contribution in [3.8, 4) is 0 Å². The van der Waals surface area contributed by atoms with Gasteiger partial charge in [0.1, 0.15) is 21.1 Å². The first-order valence-corrected chi connectivity index (χ1v) is 3.03. The van der Waals surface area contributed by atoms with Crippen molar-refractivity contribution in [1.82, 2.24) is 0 Å². The smallest absolute Gasteiger partial charge is 0.255 e. The van der Waals surface area contributed by atoms with Crippen molar-refractivity contribution in [3.63, 3.8) is 0 Å². The first kappa shape index (κ1) is 10.8. The molecule has 2 radical (unpaired) electrons. The molecule has 0 aliphatic rings. The quantitative estimate of drug-likeness (QED) is 0.416. The summed E-state index contributed by atoms with van der Waals surface area (Å²) in [6.45, 7) is -2.58. The first-order chi connectivity index (χ1) is 5.08. The van der Waals surface area contributed by atoms with E-state index in [1.807, 2.05) is 0 Å². The SMILES string of the molecule is [B]C(CO)OC(F)(CO)CO. The van der Waals surface area contributed by atoms with Crippen LogP contribution in [0.25, 0.3) is 0 Å². The minimum absolute atomic E-state index is 0.578. The summed E-state index contributed by atoms with van der Waals surface area (Å²) in [7, 11) is 4.98. The summed E-state index contributed by atoms with van der Waals surface area (Å²) in [5, 5.41) is 25.0. The van der Waals surface area contributed by atoms with Gasteiger partial charge in [-0.3, -0.25) is 0 Å². The molecular formula is C5H10BFO4. The molecular weight excluding hydrogens is 154 g/mol. The molecule has 0 bridgehead atoms. The van der Waals surface area contributed by atoms with Gasteiger partial charge in [-0.05, 0) is 0 Å². The Morgan fingerprint density at radius 3 is 2.09 bits per heavy atom. The summed E-state index contributed by atoms with van der Waals surface area (Å²) in [5.41, 5.74) is 0. The first-order valence-electron chi connectivity index (χ1n) is 3.03. The van der Waals surface area contributed by atoms with Crippen LogP contribution >= 0.6 is 0 Å². The predicted octanol–water partition coefficient (Wildman–Crippen LogP) is -1.86. The number of rotatable bonds is 5. The predicted molar refractivity (Wildman–Crippen MR) is 35.7 cm³/mol. The van der Waals surface area contributed by atoms with Gasteiger partial charge in [0.15, 0.2) is 0 Å². The summed E-state index contributed by atoms with van der Waals surface area (Å²) >= 11 is 0. The van der Waals surface area contributed by atoms with E-state index in [1.165, 1.54) is 0 Å². The standard InChI is InChI=1S/C5H10BFO4/c6-4(1-8)11-5(7,2-9)3-10/h4,8-10H,1-3H2. The van der Waals surface area contributed by atoms with Crippen LogP contribution in [0.4, 0.5) is 4.39 Å². The third-order valence-electron chi connectivity index (χ3n) is 1.01. The highest BCUT2D eigenvalue weighted by Gasteiger charge is 2.30. The molecule has 0 spiro atoms. The van der Waals surface area contributed by atoms with Crippen molar-refractivity contribution in [2.75, 3.05) is 19.8 Å². The summed E-state index contributed by atoms with van der Waals surface area (Å²) in [5.74, 6) is -2.57. The largest absolute Gasteiger partial charge is 0.395 e. The maximum atomic E-state index is 12.8. The molecule has 0 saturated carbocycles. The van der Waals surface area contributed by atoms with E-state index in [0.717, 1.165) is 0 Å². The molecule has 6 heteroatoms. The molecule has 0 aliphatic carbocycles. The van der Waals surface area contributed by atoms with E-state index in [9.17, 15) is 4.39 Å². The topological polar surface area (TPSA) is 69.9 Å². The molecule has 11 heavy (non-hydrogen) atoms. The highest BCUT2D eigenvalue weighted by Crippen LogP contribution is 2.12. The number of hydrogen-bond acceptors (Lipinski definition) is 4. The molecule has 0 aliphatic heterocycles. The van der Waals surface area contributed by atoms with Gasteiger partial charge in [-0.15, -0.1) is 0 Å². The van der Waals surface area contributed by atoms with Gasteiger partial charge in [0, 0.05) is 6.00 Å². The highest BCUT2D eigenvalue weighted by atomic mass is 19.2. The van der Waals surface area contributed by atoms with Gasteiger partial charge in [0.2, 0.25) is 0 Å². The van der Waals surface area contributed by atoms with Gasteiger partial charge in [-0.1, -0.05) is 0 Å². The van der Waals surface area contributed by atoms with Gasteiger partial charge < -0.3 is 20.1 Å². The summed E-state index contributed by atoms with van der Waals surface area (Å²) < 4.78 is 17.0. The number of alkyl halides is 1. The number of aliphatic hydroxyl groups excluding tert-OH is 3. The van der Waals surface area contributed by atoms with E-state index >= 15 is 0 Å². The van der Waals surface area contributed by atoms with Crippen LogP contribution in [-0.2, 0) is 4.74 Å². The van der Waals surface area contributed by atoms with E-state index in [2.05, 4.69) is 4.74 Å². The van der Waals surface area contributed by atoms with Crippen LogP contribution in [0.5, 0.6) is 0 Å². The Kier molecular flexibility index (Phi) is 4.59. The van der Waals surface area contributed by atoms with Gasteiger partial charge >= 0.3 is 0 Å². The van der Waals surface area contributed by atoms with Crippen molar-refractivity contribution < 1.29 is 24.4 Å². The van der Waals surface area contributed by atoms with E-state index in [0.29, 0.717) is 0 Å². The summed E-state index contributed by atoms with van der Waals surface area (Å²) in [6.07, 6.45) is 0. The van der Waals surface area contributed by atoms with E-state index in [1.54, 1.807) is 0 Å². The number of ether oxygens (including phenoxy) is 1. The fourth-order valence-electron chi connectivity index (χ4n) is 0.433. The average molecular weight is 164 g/mol. The second kappa shape index (κ2) is 4.66. The maximum Gasteiger partial charge on any atom is 0.255 e. The third-order valence-corrected chi connectivity index (χ3v) is 1.01. The van der Waals surface area contributed by atoms with Gasteiger partial charge in [0.25, 0.3) is 5.85 Å². The van der Waals surface area contributed by atoms with E-state index < -0.39 is 31.7 Å². The lowest BCUT2D eigenvalue weighted by Crippen LogP contribution is -2.40. The Bertz CT molecular complexity index is 109. The molecule has 3 N–H and O–H groups in total. The number of aliphatic hydroxyl groups is 3. The van der Waals surface area contributed by atoms with Crippen molar-refractivity contribution in [1.29, 1.82) is 0 Å². The Labute approximate surface area is 65.0 Å². The van der Waals surface area contributed by atoms with Crippen LogP contribution in [0, 0.1) is 0 Å². The molecule has 0 aromatic heterocycles. The molecule has 64 valence electrons. The van der Waals surface area contributed by atoms with Gasteiger partial charge in [-0.25, -0.2) is 4.39 Å². The summed E-state index contributed by atoms with van der Waals surface area (Å²) in [6, 6.07) is -1.24. The fourth-order valence-corrected chi connectivity index (χ4v) is 0.433.